The maximum atomic E-state index is 12.5. The molecule has 2 aromatic heterocycles. The van der Waals surface area contributed by atoms with Crippen LogP contribution in [0.3, 0.4) is 0 Å². The molecule has 3 aromatic rings. The molecule has 1 aromatic carbocycles. The number of nitrogens with zero attached hydrogens (tertiary/aromatic N) is 4. The molecule has 3 rings (SSSR count). The smallest absolute Gasteiger partial charge is 0.341 e. The van der Waals surface area contributed by atoms with E-state index in [1.54, 1.807) is 42.8 Å². The first-order valence-electron chi connectivity index (χ1n) is 8.15. The topological polar surface area (TPSA) is 99.0 Å². The molecule has 0 aliphatic heterocycles. The summed E-state index contributed by atoms with van der Waals surface area (Å²) in [6.45, 7) is 3.72. The van der Waals surface area contributed by atoms with Crippen molar-refractivity contribution in [2.24, 2.45) is 0 Å². The van der Waals surface area contributed by atoms with Crippen LogP contribution in [0.2, 0.25) is 0 Å². The third-order valence-electron chi connectivity index (χ3n) is 3.73. The third-order valence-corrected chi connectivity index (χ3v) is 4.57. The van der Waals surface area contributed by atoms with E-state index in [-0.39, 0.29) is 11.7 Å². The van der Waals surface area contributed by atoms with E-state index in [9.17, 15) is 18.4 Å². The van der Waals surface area contributed by atoms with Crippen LogP contribution in [0.25, 0.3) is 5.69 Å². The van der Waals surface area contributed by atoms with Gasteiger partial charge in [0.25, 0.3) is 12.3 Å². The summed E-state index contributed by atoms with van der Waals surface area (Å²) < 4.78 is 31.6. The van der Waals surface area contributed by atoms with Crippen molar-refractivity contribution in [2.75, 3.05) is 11.9 Å². The first-order chi connectivity index (χ1) is 13.4. The predicted octanol–water partition coefficient (Wildman–Crippen LogP) is 3.40. The second kappa shape index (κ2) is 8.21. The molecule has 0 unspecified atom stereocenters. The standard InChI is InChI=1S/C17H15F2N5O3S/c1-3-27-16(26)12-8-20-24(9(12)2)11-6-4-10(5-7-11)14(25)21-17-23-22-15(28-17)13(18)19/h4-8,13H,3H2,1-2H3,(H,21,23,25). The zero-order valence-corrected chi connectivity index (χ0v) is 15.7. The number of esters is 1. The van der Waals surface area contributed by atoms with E-state index >= 15 is 0 Å². The van der Waals surface area contributed by atoms with Crippen LogP contribution in [0.5, 0.6) is 0 Å². The molecule has 0 aliphatic rings. The molecule has 1 amide bonds. The van der Waals surface area contributed by atoms with Gasteiger partial charge in [0, 0.05) is 5.56 Å². The highest BCUT2D eigenvalue weighted by molar-refractivity contribution is 7.15. The van der Waals surface area contributed by atoms with Gasteiger partial charge in [-0.3, -0.25) is 10.1 Å². The van der Waals surface area contributed by atoms with E-state index in [4.69, 9.17) is 4.74 Å². The number of amides is 1. The summed E-state index contributed by atoms with van der Waals surface area (Å²) in [7, 11) is 0. The van der Waals surface area contributed by atoms with Crippen LogP contribution >= 0.6 is 11.3 Å². The van der Waals surface area contributed by atoms with Crippen LogP contribution in [0.15, 0.2) is 30.5 Å². The van der Waals surface area contributed by atoms with Gasteiger partial charge in [0.05, 0.1) is 24.2 Å². The Bertz CT molecular complexity index is 1000. The predicted molar refractivity (Wildman–Crippen MR) is 97.1 cm³/mol. The van der Waals surface area contributed by atoms with Gasteiger partial charge in [0.15, 0.2) is 5.01 Å². The molecule has 146 valence electrons. The number of halogens is 2. The summed E-state index contributed by atoms with van der Waals surface area (Å²) >= 11 is 0.613. The van der Waals surface area contributed by atoms with Crippen molar-refractivity contribution in [3.05, 3.63) is 52.3 Å². The Morgan fingerprint density at radius 1 is 1.25 bits per heavy atom. The highest BCUT2D eigenvalue weighted by Gasteiger charge is 2.18. The Balaban J connectivity index is 1.74. The van der Waals surface area contributed by atoms with E-state index in [1.807, 2.05) is 0 Å². The number of anilines is 1. The second-order valence-electron chi connectivity index (χ2n) is 5.52. The molecule has 11 heteroatoms. The van der Waals surface area contributed by atoms with Crippen molar-refractivity contribution >= 4 is 28.3 Å². The number of nitrogens with one attached hydrogen (secondary N) is 1. The molecule has 0 saturated carbocycles. The zero-order valence-electron chi connectivity index (χ0n) is 14.8. The minimum absolute atomic E-state index is 0.00799. The highest BCUT2D eigenvalue weighted by Crippen LogP contribution is 2.25. The number of hydrogen-bond acceptors (Lipinski definition) is 7. The maximum absolute atomic E-state index is 12.5. The monoisotopic (exact) mass is 407 g/mol. The van der Waals surface area contributed by atoms with Gasteiger partial charge < -0.3 is 4.74 Å². The van der Waals surface area contributed by atoms with E-state index in [0.717, 1.165) is 0 Å². The van der Waals surface area contributed by atoms with Crippen molar-refractivity contribution in [1.29, 1.82) is 0 Å². The summed E-state index contributed by atoms with van der Waals surface area (Å²) in [5.41, 5.74) is 1.90. The van der Waals surface area contributed by atoms with Crippen molar-refractivity contribution in [1.82, 2.24) is 20.0 Å². The number of carbonyl (C=O) groups excluding carboxylic acids is 2. The molecule has 1 N–H and O–H groups in total. The van der Waals surface area contributed by atoms with Gasteiger partial charge in [-0.05, 0) is 38.1 Å². The van der Waals surface area contributed by atoms with Gasteiger partial charge >= 0.3 is 5.97 Å². The van der Waals surface area contributed by atoms with Crippen LogP contribution in [-0.2, 0) is 4.74 Å². The third kappa shape index (κ3) is 4.03. The van der Waals surface area contributed by atoms with Gasteiger partial charge in [0.1, 0.15) is 5.56 Å². The summed E-state index contributed by atoms with van der Waals surface area (Å²) in [5.74, 6) is -0.963. The van der Waals surface area contributed by atoms with Gasteiger partial charge in [-0.15, -0.1) is 10.2 Å². The van der Waals surface area contributed by atoms with Crippen LogP contribution in [0.4, 0.5) is 13.9 Å². The number of hydrogen-bond donors (Lipinski definition) is 1. The van der Waals surface area contributed by atoms with E-state index in [0.29, 0.717) is 33.8 Å². The number of aromatic nitrogens is 4. The Morgan fingerprint density at radius 3 is 2.57 bits per heavy atom. The second-order valence-corrected chi connectivity index (χ2v) is 6.53. The fraction of sp³-hybridized carbons (Fsp3) is 0.235. The lowest BCUT2D eigenvalue weighted by Gasteiger charge is -2.07. The number of benzene rings is 1. The van der Waals surface area contributed by atoms with Crippen LogP contribution in [0, 0.1) is 6.92 Å². The van der Waals surface area contributed by atoms with E-state index < -0.39 is 23.3 Å². The van der Waals surface area contributed by atoms with Crippen LogP contribution < -0.4 is 5.32 Å². The van der Waals surface area contributed by atoms with Crippen LogP contribution in [-0.4, -0.2) is 38.5 Å². The SMILES string of the molecule is CCOC(=O)c1cnn(-c2ccc(C(=O)Nc3nnc(C(F)F)s3)cc2)c1C. The van der Waals surface area contributed by atoms with Gasteiger partial charge in [-0.25, -0.2) is 18.3 Å². The fourth-order valence-corrected chi connectivity index (χ4v) is 2.97. The number of alkyl halides is 2. The Kier molecular flexibility index (Phi) is 5.73. The van der Waals surface area contributed by atoms with Crippen LogP contribution in [0.1, 0.15) is 44.8 Å². The lowest BCUT2D eigenvalue weighted by molar-refractivity contribution is 0.0525. The molecule has 0 saturated heterocycles. The highest BCUT2D eigenvalue weighted by atomic mass is 32.1. The molecule has 2 heterocycles. The molecule has 0 bridgehead atoms. The molecule has 0 fully saturated rings. The number of rotatable bonds is 6. The lowest BCUT2D eigenvalue weighted by atomic mass is 10.2. The molecule has 0 spiro atoms. The molecule has 28 heavy (non-hydrogen) atoms. The first-order valence-corrected chi connectivity index (χ1v) is 8.97. The maximum Gasteiger partial charge on any atom is 0.341 e. The average Bonchev–Trinajstić information content (AvgIpc) is 3.29. The Hall–Kier alpha value is -3.21. The Morgan fingerprint density at radius 2 is 1.96 bits per heavy atom. The summed E-state index contributed by atoms with van der Waals surface area (Å²) in [6, 6.07) is 6.39. The zero-order chi connectivity index (χ0) is 20.3. The molecule has 0 aliphatic carbocycles. The van der Waals surface area contributed by atoms with Crippen molar-refractivity contribution in [3.63, 3.8) is 0 Å². The molecular weight excluding hydrogens is 392 g/mol. The molecule has 8 nitrogen and oxygen atoms in total. The molecular formula is C17H15F2N5O3S. The fourth-order valence-electron chi connectivity index (χ4n) is 2.38. The number of ether oxygens (including phenoxy) is 1. The average molecular weight is 407 g/mol. The summed E-state index contributed by atoms with van der Waals surface area (Å²) in [6.07, 6.45) is -1.32. The quantitative estimate of drug-likeness (QED) is 0.629. The summed E-state index contributed by atoms with van der Waals surface area (Å²) in [5, 5.41) is 13.0. The first kappa shape index (κ1) is 19.5. The van der Waals surface area contributed by atoms with Gasteiger partial charge in [-0.1, -0.05) is 11.3 Å². The Labute approximate surface area is 162 Å². The minimum Gasteiger partial charge on any atom is -0.462 e. The molecule has 0 radical (unpaired) electrons. The van der Waals surface area contributed by atoms with E-state index in [1.165, 1.54) is 6.20 Å². The van der Waals surface area contributed by atoms with Crippen molar-refractivity contribution < 1.29 is 23.1 Å². The van der Waals surface area contributed by atoms with Gasteiger partial charge in [0.2, 0.25) is 5.13 Å². The minimum atomic E-state index is -2.74. The number of carbonyl (C=O) groups is 2. The van der Waals surface area contributed by atoms with Gasteiger partial charge in [-0.2, -0.15) is 5.10 Å². The van der Waals surface area contributed by atoms with Crippen molar-refractivity contribution in [2.45, 2.75) is 20.3 Å². The largest absolute Gasteiger partial charge is 0.462 e. The lowest BCUT2D eigenvalue weighted by Crippen LogP contribution is -2.12. The normalized spacial score (nSPS) is 10.9. The van der Waals surface area contributed by atoms with Crippen molar-refractivity contribution in [3.8, 4) is 5.69 Å². The van der Waals surface area contributed by atoms with E-state index in [2.05, 4.69) is 20.6 Å². The summed E-state index contributed by atoms with van der Waals surface area (Å²) in [4.78, 5) is 24.1. The molecule has 0 atom stereocenters.